The molecule has 4 fully saturated rings. The van der Waals surface area contributed by atoms with Crippen LogP contribution in [0.1, 0.15) is 110 Å². The van der Waals surface area contributed by atoms with E-state index in [1.165, 1.54) is 38.5 Å². The van der Waals surface area contributed by atoms with Crippen LogP contribution < -0.4 is 21.3 Å². The molecule has 0 radical (unpaired) electrons. The predicted octanol–water partition coefficient (Wildman–Crippen LogP) is 5.10. The van der Waals surface area contributed by atoms with Gasteiger partial charge in [0.1, 0.15) is 6.17 Å². The van der Waals surface area contributed by atoms with Crippen molar-refractivity contribution in [3.05, 3.63) is 24.6 Å². The monoisotopic (exact) mass is 513 g/mol. The van der Waals surface area contributed by atoms with E-state index in [4.69, 9.17) is 0 Å². The minimum absolute atomic E-state index is 0.0431. The van der Waals surface area contributed by atoms with Gasteiger partial charge in [0.25, 0.3) is 0 Å². The molecule has 7 nitrogen and oxygen atoms in total. The van der Waals surface area contributed by atoms with E-state index in [1.807, 2.05) is 0 Å². The Labute approximate surface area is 224 Å². The summed E-state index contributed by atoms with van der Waals surface area (Å²) in [5.74, 6) is 0.488. The van der Waals surface area contributed by atoms with Crippen LogP contribution in [0.4, 0.5) is 4.79 Å². The van der Waals surface area contributed by atoms with Crippen molar-refractivity contribution < 1.29 is 9.59 Å². The number of nitrogens with zero attached hydrogens (tertiary/aromatic N) is 1. The molecule has 2 amide bonds. The maximum Gasteiger partial charge on any atom is 0.315 e. The van der Waals surface area contributed by atoms with Crippen molar-refractivity contribution in [3.8, 4) is 0 Å². The number of carbonyl (C=O) groups is 2. The van der Waals surface area contributed by atoms with Crippen molar-refractivity contribution in [2.75, 3.05) is 6.54 Å². The lowest BCUT2D eigenvalue weighted by Crippen LogP contribution is -2.57. The summed E-state index contributed by atoms with van der Waals surface area (Å²) >= 11 is 0. The van der Waals surface area contributed by atoms with E-state index in [0.29, 0.717) is 12.0 Å². The Bertz CT molecular complexity index is 826. The second-order valence-electron chi connectivity index (χ2n) is 12.2. The lowest BCUT2D eigenvalue weighted by molar-refractivity contribution is -0.119. The van der Waals surface area contributed by atoms with E-state index < -0.39 is 6.17 Å². The lowest BCUT2D eigenvalue weighted by atomic mass is 9.79. The van der Waals surface area contributed by atoms with Crippen LogP contribution in [0.3, 0.4) is 0 Å². The number of rotatable bonds is 12. The van der Waals surface area contributed by atoms with Crippen molar-refractivity contribution in [2.24, 2.45) is 5.92 Å². The zero-order valence-electron chi connectivity index (χ0n) is 23.4. The molecule has 4 aliphatic rings. The first kappa shape index (κ1) is 28.0. The topological polar surface area (TPSA) is 85.5 Å². The van der Waals surface area contributed by atoms with Crippen LogP contribution >= 0.6 is 0 Å². The zero-order valence-corrected chi connectivity index (χ0v) is 23.4. The van der Waals surface area contributed by atoms with Crippen LogP contribution in [0.15, 0.2) is 24.6 Å². The van der Waals surface area contributed by atoms with Crippen LogP contribution in [0, 0.1) is 5.92 Å². The van der Waals surface area contributed by atoms with Gasteiger partial charge in [-0.15, -0.1) is 0 Å². The minimum atomic E-state index is -0.394. The molecule has 7 heteroatoms. The van der Waals surface area contributed by atoms with Crippen molar-refractivity contribution in [2.45, 2.75) is 140 Å². The highest BCUT2D eigenvalue weighted by molar-refractivity contribution is 5.81. The van der Waals surface area contributed by atoms with Crippen molar-refractivity contribution >= 4 is 11.8 Å². The molecular formula is C30H51N5O2. The molecule has 0 spiro atoms. The van der Waals surface area contributed by atoms with Gasteiger partial charge >= 0.3 is 6.03 Å². The highest BCUT2D eigenvalue weighted by Gasteiger charge is 2.38. The van der Waals surface area contributed by atoms with Gasteiger partial charge in [0.2, 0.25) is 0 Å². The number of nitrogens with one attached hydrogen (secondary N) is 4. The fourth-order valence-electron chi connectivity index (χ4n) is 6.83. The Morgan fingerprint density at radius 1 is 0.919 bits per heavy atom. The molecule has 4 rings (SSSR count). The van der Waals surface area contributed by atoms with Crippen molar-refractivity contribution in [1.82, 2.24) is 26.2 Å². The van der Waals surface area contributed by atoms with Gasteiger partial charge in [0, 0.05) is 29.5 Å². The Morgan fingerprint density at radius 3 is 2.22 bits per heavy atom. The largest absolute Gasteiger partial charge is 0.366 e. The second kappa shape index (κ2) is 12.7. The highest BCUT2D eigenvalue weighted by Crippen LogP contribution is 2.35. The molecule has 3 saturated carbocycles. The standard InChI is InChI=1S/C30H51N5O2/c1-5-30(18-10-7-11-19-30)34-29(37)33-27(24-13-8-6-9-14-24)22(3)35-20-12-15-26(35)21(2)31-28(23(4)36)32-25-16-17-25/h24-28,31-32H,2-3,5-20H2,1,4H3,(H2,33,34,37). The third-order valence-corrected chi connectivity index (χ3v) is 9.37. The average Bonchev–Trinajstić information content (AvgIpc) is 3.58. The van der Waals surface area contributed by atoms with E-state index in [0.717, 1.165) is 75.7 Å². The third kappa shape index (κ3) is 7.30. The summed E-state index contributed by atoms with van der Waals surface area (Å²) in [5, 5.41) is 13.6. The van der Waals surface area contributed by atoms with E-state index in [-0.39, 0.29) is 29.4 Å². The van der Waals surface area contributed by atoms with Gasteiger partial charge < -0.3 is 20.9 Å². The summed E-state index contributed by atoms with van der Waals surface area (Å²) in [7, 11) is 0. The molecule has 1 saturated heterocycles. The summed E-state index contributed by atoms with van der Waals surface area (Å²) in [4.78, 5) is 28.1. The smallest absolute Gasteiger partial charge is 0.315 e. The molecule has 0 aromatic rings. The van der Waals surface area contributed by atoms with Crippen molar-refractivity contribution in [3.63, 3.8) is 0 Å². The molecule has 3 atom stereocenters. The summed E-state index contributed by atoms with van der Waals surface area (Å²) in [6.45, 7) is 13.7. The molecule has 4 N–H and O–H groups in total. The third-order valence-electron chi connectivity index (χ3n) is 9.37. The van der Waals surface area contributed by atoms with Gasteiger partial charge in [-0.3, -0.25) is 10.1 Å². The number of ketones is 1. The first-order valence-corrected chi connectivity index (χ1v) is 15.1. The Balaban J connectivity index is 1.44. The van der Waals surface area contributed by atoms with E-state index in [2.05, 4.69) is 46.2 Å². The zero-order chi connectivity index (χ0) is 26.4. The summed E-state index contributed by atoms with van der Waals surface area (Å²) in [5.41, 5.74) is 1.79. The number of urea groups is 1. The molecule has 3 unspecified atom stereocenters. The maximum atomic E-state index is 13.4. The van der Waals surface area contributed by atoms with Crippen LogP contribution in [0.5, 0.6) is 0 Å². The average molecular weight is 514 g/mol. The molecule has 0 aromatic carbocycles. The van der Waals surface area contributed by atoms with Gasteiger partial charge in [0.05, 0.1) is 12.1 Å². The lowest BCUT2D eigenvalue weighted by Gasteiger charge is -2.41. The van der Waals surface area contributed by atoms with Gasteiger partial charge in [-0.2, -0.15) is 0 Å². The van der Waals surface area contributed by atoms with E-state index in [1.54, 1.807) is 6.92 Å². The van der Waals surface area contributed by atoms with Gasteiger partial charge in [-0.05, 0) is 70.6 Å². The second-order valence-corrected chi connectivity index (χ2v) is 12.2. The van der Waals surface area contributed by atoms with Crippen LogP contribution in [0.25, 0.3) is 0 Å². The SMILES string of the molecule is C=C(NC(NC1CC1)C(C)=O)C1CCCN1C(=C)C(NC(=O)NC1(CC)CCCCC1)C1CCCCC1. The molecule has 1 heterocycles. The van der Waals surface area contributed by atoms with Crippen molar-refractivity contribution in [1.29, 1.82) is 0 Å². The number of hydrogen-bond donors (Lipinski definition) is 4. The number of amides is 2. The minimum Gasteiger partial charge on any atom is -0.366 e. The fourth-order valence-corrected chi connectivity index (χ4v) is 6.83. The first-order chi connectivity index (χ1) is 17.8. The van der Waals surface area contributed by atoms with Crippen LogP contribution in [0.2, 0.25) is 0 Å². The number of likely N-dealkylation sites (tertiary alicyclic amines) is 1. The normalized spacial score (nSPS) is 25.7. The molecule has 0 aromatic heterocycles. The van der Waals surface area contributed by atoms with E-state index in [9.17, 15) is 9.59 Å². The molecule has 208 valence electrons. The van der Waals surface area contributed by atoms with Gasteiger partial charge in [0.15, 0.2) is 5.78 Å². The van der Waals surface area contributed by atoms with Gasteiger partial charge in [-0.1, -0.05) is 58.6 Å². The van der Waals surface area contributed by atoms with Gasteiger partial charge in [-0.25, -0.2) is 4.79 Å². The Hall–Kier alpha value is -2.02. The number of hydrogen-bond acceptors (Lipinski definition) is 5. The fraction of sp³-hybridized carbons (Fsp3) is 0.800. The summed E-state index contributed by atoms with van der Waals surface area (Å²) in [6.07, 6.45) is 16.6. The highest BCUT2D eigenvalue weighted by atomic mass is 16.2. The first-order valence-electron chi connectivity index (χ1n) is 15.1. The number of Topliss-reactive ketones (excluding diaryl/α,β-unsaturated/α-hetero) is 1. The Morgan fingerprint density at radius 2 is 1.59 bits per heavy atom. The maximum absolute atomic E-state index is 13.4. The quantitative estimate of drug-likeness (QED) is 0.273. The summed E-state index contributed by atoms with van der Waals surface area (Å²) in [6, 6.07) is 0.377. The van der Waals surface area contributed by atoms with Crippen LogP contribution in [-0.2, 0) is 4.79 Å². The summed E-state index contributed by atoms with van der Waals surface area (Å²) < 4.78 is 0. The molecule has 37 heavy (non-hydrogen) atoms. The molecule has 0 bridgehead atoms. The van der Waals surface area contributed by atoms with E-state index >= 15 is 0 Å². The molecule has 1 aliphatic heterocycles. The van der Waals surface area contributed by atoms with Crippen LogP contribution in [-0.4, -0.2) is 53.1 Å². The molecule has 3 aliphatic carbocycles. The Kier molecular flexibility index (Phi) is 9.60. The molecular weight excluding hydrogens is 462 g/mol. The number of carbonyl (C=O) groups excluding carboxylic acids is 2. The predicted molar refractivity (Wildman–Crippen MR) is 150 cm³/mol.